The number of aromatic nitrogens is 2. The molecule has 0 bridgehead atoms. The molecule has 1 aliphatic rings. The second kappa shape index (κ2) is 10.7. The first-order valence-electron chi connectivity index (χ1n) is 8.82. The van der Waals surface area contributed by atoms with E-state index in [1.54, 1.807) is 12.1 Å². The number of hydrogen-bond acceptors (Lipinski definition) is 8. The van der Waals surface area contributed by atoms with Crippen LogP contribution in [0.5, 0.6) is 5.75 Å². The van der Waals surface area contributed by atoms with Gasteiger partial charge < -0.3 is 24.4 Å². The third-order valence-corrected chi connectivity index (χ3v) is 3.73. The fraction of sp³-hybridized carbons (Fsp3) is 0.333. The molecule has 2 aromatic rings. The Hall–Kier alpha value is -3.49. The molecule has 1 saturated heterocycles. The van der Waals surface area contributed by atoms with E-state index in [1.165, 1.54) is 16.8 Å². The highest BCUT2D eigenvalue weighted by molar-refractivity contribution is 5.84. The molecule has 0 unspecified atom stereocenters. The van der Waals surface area contributed by atoms with Crippen molar-refractivity contribution in [2.75, 3.05) is 18.5 Å². The minimum Gasteiger partial charge on any atom is -0.475 e. The van der Waals surface area contributed by atoms with Gasteiger partial charge in [0.1, 0.15) is 11.6 Å². The number of alkyl halides is 3. The number of carbonyl (C=O) groups is 2. The standard InChI is InChI=1S/C16H17N3O6.C2HF3O2/c1-10-2-4-11(5-3-10)24-16(22)18-12-6-7-19(15(21)17-12)13-9-23-14(8-20)25-13;3-2(4,5)1(6)7/h2-7,13-14,20H,8-9H2,1H3,(H,17,18,21,22);(H,6,7)/t13-,14-;/m0./s1. The number of carboxylic acids is 1. The number of rotatable bonds is 4. The van der Waals surface area contributed by atoms with Gasteiger partial charge in [-0.25, -0.2) is 14.4 Å². The van der Waals surface area contributed by atoms with Gasteiger partial charge in [-0.2, -0.15) is 18.2 Å². The van der Waals surface area contributed by atoms with Crippen LogP contribution in [0.4, 0.5) is 23.8 Å². The van der Waals surface area contributed by atoms with E-state index < -0.39 is 36.4 Å². The molecule has 0 saturated carbocycles. The van der Waals surface area contributed by atoms with Gasteiger partial charge in [0.05, 0.1) is 13.2 Å². The number of nitrogens with zero attached hydrogens (tertiary/aromatic N) is 2. The molecule has 1 aromatic carbocycles. The lowest BCUT2D eigenvalue weighted by atomic mass is 10.2. The van der Waals surface area contributed by atoms with Gasteiger partial charge in [-0.1, -0.05) is 17.7 Å². The smallest absolute Gasteiger partial charge is 0.475 e. The highest BCUT2D eigenvalue weighted by atomic mass is 19.4. The topological polar surface area (TPSA) is 149 Å². The third-order valence-electron chi connectivity index (χ3n) is 3.73. The Bertz CT molecular complexity index is 994. The molecule has 2 heterocycles. The molecule has 2 atom stereocenters. The highest BCUT2D eigenvalue weighted by Gasteiger charge is 2.38. The van der Waals surface area contributed by atoms with Crippen LogP contribution in [0, 0.1) is 6.92 Å². The average Bonchev–Trinajstić information content (AvgIpc) is 3.18. The van der Waals surface area contributed by atoms with Crippen molar-refractivity contribution in [1.82, 2.24) is 9.55 Å². The van der Waals surface area contributed by atoms with Crippen molar-refractivity contribution in [3.8, 4) is 5.75 Å². The number of hydrogen-bond donors (Lipinski definition) is 3. The van der Waals surface area contributed by atoms with Gasteiger partial charge in [-0.15, -0.1) is 0 Å². The maximum atomic E-state index is 12.1. The lowest BCUT2D eigenvalue weighted by molar-refractivity contribution is -0.192. The van der Waals surface area contributed by atoms with Crippen LogP contribution < -0.4 is 15.7 Å². The summed E-state index contributed by atoms with van der Waals surface area (Å²) in [5.74, 6) is -2.33. The van der Waals surface area contributed by atoms with Crippen LogP contribution in [-0.2, 0) is 14.3 Å². The summed E-state index contributed by atoms with van der Waals surface area (Å²) in [6, 6.07) is 8.38. The molecule has 32 heavy (non-hydrogen) atoms. The van der Waals surface area contributed by atoms with E-state index >= 15 is 0 Å². The van der Waals surface area contributed by atoms with Crippen LogP contribution in [0.25, 0.3) is 0 Å². The van der Waals surface area contributed by atoms with Crippen molar-refractivity contribution in [2.45, 2.75) is 25.6 Å². The molecule has 3 N–H and O–H groups in total. The Labute approximate surface area is 178 Å². The van der Waals surface area contributed by atoms with E-state index in [4.69, 9.17) is 29.2 Å². The second-order valence-electron chi connectivity index (χ2n) is 6.17. The summed E-state index contributed by atoms with van der Waals surface area (Å²) in [5, 5.41) is 18.5. The van der Waals surface area contributed by atoms with Crippen molar-refractivity contribution in [1.29, 1.82) is 0 Å². The summed E-state index contributed by atoms with van der Waals surface area (Å²) in [4.78, 5) is 36.6. The summed E-state index contributed by atoms with van der Waals surface area (Å²) in [6.45, 7) is 1.74. The summed E-state index contributed by atoms with van der Waals surface area (Å²) in [5.41, 5.74) is 0.417. The Kier molecular flexibility index (Phi) is 8.28. The number of aliphatic carboxylic acids is 1. The van der Waals surface area contributed by atoms with Crippen molar-refractivity contribution < 1.29 is 47.2 Å². The highest BCUT2D eigenvalue weighted by Crippen LogP contribution is 2.19. The zero-order valence-corrected chi connectivity index (χ0v) is 16.4. The van der Waals surface area contributed by atoms with Crippen LogP contribution in [0.15, 0.2) is 41.3 Å². The Morgan fingerprint density at radius 1 is 1.28 bits per heavy atom. The first-order valence-corrected chi connectivity index (χ1v) is 8.82. The van der Waals surface area contributed by atoms with Crippen molar-refractivity contribution >= 4 is 17.9 Å². The van der Waals surface area contributed by atoms with Crippen molar-refractivity contribution in [3.63, 3.8) is 0 Å². The Morgan fingerprint density at radius 3 is 2.41 bits per heavy atom. The number of aryl methyl sites for hydroxylation is 1. The first-order chi connectivity index (χ1) is 15.0. The lowest BCUT2D eigenvalue weighted by Gasteiger charge is -2.12. The molecule has 1 aliphatic heterocycles. The predicted octanol–water partition coefficient (Wildman–Crippen LogP) is 1.66. The third kappa shape index (κ3) is 7.33. The predicted molar refractivity (Wildman–Crippen MR) is 100.0 cm³/mol. The molecular weight excluding hydrogens is 443 g/mol. The van der Waals surface area contributed by atoms with Gasteiger partial charge in [0.25, 0.3) is 0 Å². The monoisotopic (exact) mass is 461 g/mol. The number of anilines is 1. The molecule has 1 aromatic heterocycles. The summed E-state index contributed by atoms with van der Waals surface area (Å²) in [7, 11) is 0. The van der Waals surface area contributed by atoms with Crippen molar-refractivity contribution in [2.24, 2.45) is 0 Å². The summed E-state index contributed by atoms with van der Waals surface area (Å²) in [6.07, 6.45) is -5.86. The van der Waals surface area contributed by atoms with Gasteiger partial charge in [-0.3, -0.25) is 9.88 Å². The van der Waals surface area contributed by atoms with Gasteiger partial charge in [0.2, 0.25) is 0 Å². The van der Waals surface area contributed by atoms with E-state index in [-0.39, 0.29) is 19.0 Å². The van der Waals surface area contributed by atoms with Gasteiger partial charge in [0, 0.05) is 6.20 Å². The van der Waals surface area contributed by atoms with E-state index in [9.17, 15) is 22.8 Å². The van der Waals surface area contributed by atoms with E-state index in [0.29, 0.717) is 5.75 Å². The normalized spacial score (nSPS) is 17.8. The minimum absolute atomic E-state index is 0.0518. The molecule has 3 rings (SSSR count). The molecule has 0 radical (unpaired) electrons. The SMILES string of the molecule is Cc1ccc(OC(=O)Nc2ccn([C@@H]3CO[C@H](CO)O3)c(=O)n2)cc1.O=C(O)C(F)(F)F. The van der Waals surface area contributed by atoms with Crippen molar-refractivity contribution in [3.05, 3.63) is 52.6 Å². The summed E-state index contributed by atoms with van der Waals surface area (Å²) < 4.78 is 48.5. The summed E-state index contributed by atoms with van der Waals surface area (Å²) >= 11 is 0. The van der Waals surface area contributed by atoms with Crippen LogP contribution in [0.1, 0.15) is 11.8 Å². The molecule has 11 nitrogen and oxygen atoms in total. The van der Waals surface area contributed by atoms with Crippen LogP contribution in [0.2, 0.25) is 0 Å². The molecule has 1 amide bonds. The largest absolute Gasteiger partial charge is 0.490 e. The number of amides is 1. The van der Waals surface area contributed by atoms with E-state index in [2.05, 4.69) is 10.3 Å². The fourth-order valence-electron chi connectivity index (χ4n) is 2.23. The van der Waals surface area contributed by atoms with Gasteiger partial charge >= 0.3 is 23.9 Å². The number of aliphatic hydroxyl groups is 1. The number of ether oxygens (including phenoxy) is 3. The number of nitrogens with one attached hydrogen (secondary N) is 1. The lowest BCUT2D eigenvalue weighted by Crippen LogP contribution is -2.29. The number of halogens is 3. The van der Waals surface area contributed by atoms with E-state index in [0.717, 1.165) is 5.56 Å². The van der Waals surface area contributed by atoms with Crippen LogP contribution in [0.3, 0.4) is 0 Å². The Balaban J connectivity index is 0.000000451. The molecule has 0 spiro atoms. The number of carboxylic acid groups (broad SMARTS) is 1. The van der Waals surface area contributed by atoms with E-state index in [1.807, 2.05) is 19.1 Å². The molecule has 174 valence electrons. The Morgan fingerprint density at radius 2 is 1.91 bits per heavy atom. The van der Waals surface area contributed by atoms with Crippen LogP contribution >= 0.6 is 0 Å². The zero-order chi connectivity index (χ0) is 23.9. The second-order valence-corrected chi connectivity index (χ2v) is 6.17. The molecule has 14 heteroatoms. The quantitative estimate of drug-likeness (QED) is 0.618. The maximum absolute atomic E-state index is 12.1. The molecular formula is C18H18F3N3O8. The fourth-order valence-corrected chi connectivity index (χ4v) is 2.23. The maximum Gasteiger partial charge on any atom is 0.490 e. The first kappa shape index (κ1) is 24.8. The molecule has 1 fully saturated rings. The molecule has 0 aliphatic carbocycles. The number of benzene rings is 1. The minimum atomic E-state index is -5.08. The number of carbonyl (C=O) groups excluding carboxylic acids is 1. The number of aliphatic hydroxyl groups excluding tert-OH is 1. The van der Waals surface area contributed by atoms with Crippen LogP contribution in [-0.4, -0.2) is 57.5 Å². The zero-order valence-electron chi connectivity index (χ0n) is 16.4. The average molecular weight is 461 g/mol. The van der Waals surface area contributed by atoms with Gasteiger partial charge in [-0.05, 0) is 25.1 Å². The van der Waals surface area contributed by atoms with Gasteiger partial charge in [0.15, 0.2) is 12.5 Å².